The number of ether oxygens (including phenoxy) is 1. The van der Waals surface area contributed by atoms with Gasteiger partial charge in [0.15, 0.2) is 0 Å². The summed E-state index contributed by atoms with van der Waals surface area (Å²) in [6.07, 6.45) is 0.121. The Bertz CT molecular complexity index is 345. The van der Waals surface area contributed by atoms with Crippen LogP contribution in [-0.4, -0.2) is 12.3 Å². The van der Waals surface area contributed by atoms with E-state index in [1.807, 2.05) is 0 Å². The number of hydrogen-bond donors (Lipinski definition) is 0. The molecule has 64 valence electrons. The number of methoxy groups -OCH3 is 1. The zero-order valence-corrected chi connectivity index (χ0v) is 6.97. The summed E-state index contributed by atoms with van der Waals surface area (Å²) < 4.78 is 25.3. The van der Waals surface area contributed by atoms with Gasteiger partial charge in [-0.05, 0) is 29.3 Å². The Morgan fingerprint density at radius 1 is 1.58 bits per heavy atom. The summed E-state index contributed by atoms with van der Waals surface area (Å²) in [6, 6.07) is 6.17. The molecule has 1 aromatic rings. The van der Waals surface area contributed by atoms with Crippen molar-refractivity contribution in [3.05, 3.63) is 29.8 Å². The van der Waals surface area contributed by atoms with Crippen molar-refractivity contribution >= 4 is 16.8 Å². The topological polar surface area (TPSA) is 26.3 Å². The molecule has 0 saturated heterocycles. The molecule has 1 rings (SSSR count). The third-order valence-electron chi connectivity index (χ3n) is 1.38. The van der Waals surface area contributed by atoms with Gasteiger partial charge in [-0.1, -0.05) is 12.1 Å². The van der Waals surface area contributed by atoms with Crippen LogP contribution >= 0.6 is 11.6 Å². The highest BCUT2D eigenvalue weighted by molar-refractivity contribution is 6.63. The minimum absolute atomic E-state index is 0.121. The van der Waals surface area contributed by atoms with Crippen LogP contribution in [0.2, 0.25) is 0 Å². The molecule has 0 spiro atoms. The van der Waals surface area contributed by atoms with Crippen molar-refractivity contribution in [2.45, 2.75) is 6.42 Å². The average Bonchev–Trinajstić information content (AvgIpc) is 2.05. The van der Waals surface area contributed by atoms with Crippen LogP contribution < -0.4 is 4.74 Å². The van der Waals surface area contributed by atoms with Gasteiger partial charge in [0.25, 0.3) is 0 Å². The predicted octanol–water partition coefficient (Wildman–Crippen LogP) is 2.00. The summed E-state index contributed by atoms with van der Waals surface area (Å²) in [5.41, 5.74) is 0.716. The van der Waals surface area contributed by atoms with E-state index in [-0.39, 0.29) is 12.2 Å². The van der Waals surface area contributed by atoms with E-state index >= 15 is 0 Å². The molecule has 0 heterocycles. The maximum atomic E-state index is 10.6. The van der Waals surface area contributed by atoms with Gasteiger partial charge in [-0.3, -0.25) is 4.79 Å². The molecule has 0 bridgehead atoms. The van der Waals surface area contributed by atoms with E-state index in [0.29, 0.717) is 5.56 Å². The van der Waals surface area contributed by atoms with Crippen LogP contribution in [-0.2, 0) is 11.2 Å². The highest BCUT2D eigenvalue weighted by Crippen LogP contribution is 2.12. The van der Waals surface area contributed by atoms with Gasteiger partial charge < -0.3 is 4.74 Å². The Labute approximate surface area is 80.3 Å². The van der Waals surface area contributed by atoms with Gasteiger partial charge in [-0.2, -0.15) is 0 Å². The molecule has 3 heteroatoms. The maximum Gasteiger partial charge on any atom is 0.226 e. The summed E-state index contributed by atoms with van der Waals surface area (Å²) in [6.45, 7) is 0. The van der Waals surface area contributed by atoms with Crippen molar-refractivity contribution < 1.29 is 13.6 Å². The zero-order chi connectivity index (χ0) is 11.5. The molecule has 0 saturated carbocycles. The molecule has 0 radical (unpaired) electrons. The largest absolute Gasteiger partial charge is 0.497 e. The first-order valence-electron chi connectivity index (χ1n) is 4.83. The fraction of sp³-hybridized carbons (Fsp3) is 0.222. The Balaban J connectivity index is 2.68. The van der Waals surface area contributed by atoms with Gasteiger partial charge in [-0.15, -0.1) is 0 Å². The van der Waals surface area contributed by atoms with Crippen LogP contribution in [0.5, 0.6) is 5.75 Å². The van der Waals surface area contributed by atoms with Crippen molar-refractivity contribution in [2.75, 3.05) is 7.04 Å². The maximum absolute atomic E-state index is 10.6. The van der Waals surface area contributed by atoms with Crippen LogP contribution in [0.25, 0.3) is 0 Å². The molecule has 1 aromatic carbocycles. The molecule has 0 aromatic heterocycles. The Morgan fingerprint density at radius 2 is 2.25 bits per heavy atom. The summed E-state index contributed by atoms with van der Waals surface area (Å²) in [7, 11) is -2.45. The molecule has 0 fully saturated rings. The predicted molar refractivity (Wildman–Crippen MR) is 47.6 cm³/mol. The fourth-order valence-electron chi connectivity index (χ4n) is 0.836. The minimum atomic E-state index is -2.45. The monoisotopic (exact) mass is 187 g/mol. The van der Waals surface area contributed by atoms with Crippen molar-refractivity contribution in [3.8, 4) is 5.75 Å². The first-order valence-corrected chi connectivity index (χ1v) is 3.71. The lowest BCUT2D eigenvalue weighted by Gasteiger charge is -1.99. The molecule has 0 N–H and O–H groups in total. The van der Waals surface area contributed by atoms with E-state index in [9.17, 15) is 4.79 Å². The number of carbonyl (C=O) groups excluding carboxylic acids is 1. The van der Waals surface area contributed by atoms with Gasteiger partial charge in [0.1, 0.15) is 5.75 Å². The third-order valence-corrected chi connectivity index (χ3v) is 1.52. The molecular weight excluding hydrogens is 176 g/mol. The first kappa shape index (κ1) is 5.60. The minimum Gasteiger partial charge on any atom is -0.497 e. The number of carbonyl (C=O) groups is 1. The summed E-state index contributed by atoms with van der Waals surface area (Å²) >= 11 is 5.20. The van der Waals surface area contributed by atoms with Gasteiger partial charge in [0.2, 0.25) is 5.24 Å². The van der Waals surface area contributed by atoms with E-state index in [1.165, 1.54) is 12.1 Å². The summed E-state index contributed by atoms with van der Waals surface area (Å²) in [5, 5.41) is -0.459. The van der Waals surface area contributed by atoms with Gasteiger partial charge in [0.05, 0.1) is 11.2 Å². The first-order chi connectivity index (χ1) is 6.87. The van der Waals surface area contributed by atoms with Crippen LogP contribution in [0.1, 0.15) is 9.68 Å². The molecule has 0 unspecified atom stereocenters. The van der Waals surface area contributed by atoms with E-state index in [0.717, 1.165) is 0 Å². The van der Waals surface area contributed by atoms with E-state index in [1.54, 1.807) is 12.1 Å². The van der Waals surface area contributed by atoms with Gasteiger partial charge >= 0.3 is 0 Å². The summed E-state index contributed by atoms with van der Waals surface area (Å²) in [5.74, 6) is 0.237. The lowest BCUT2D eigenvalue weighted by Crippen LogP contribution is -1.92. The number of rotatable bonds is 3. The van der Waals surface area contributed by atoms with E-state index in [4.69, 9.17) is 15.7 Å². The molecule has 0 aliphatic carbocycles. The lowest BCUT2D eigenvalue weighted by molar-refractivity contribution is -0.111. The molecule has 0 amide bonds. The Morgan fingerprint density at radius 3 is 2.75 bits per heavy atom. The second kappa shape index (κ2) is 4.12. The Hall–Kier alpha value is -1.02. The van der Waals surface area contributed by atoms with E-state index in [2.05, 4.69) is 4.74 Å². The van der Waals surface area contributed by atoms with Crippen molar-refractivity contribution in [1.82, 2.24) is 0 Å². The molecule has 2 nitrogen and oxygen atoms in total. The van der Waals surface area contributed by atoms with Crippen LogP contribution in [0.15, 0.2) is 24.3 Å². The van der Waals surface area contributed by atoms with Crippen LogP contribution in [0.3, 0.4) is 0 Å². The second-order valence-electron chi connectivity index (χ2n) is 2.28. The van der Waals surface area contributed by atoms with Gasteiger partial charge in [0, 0.05) is 6.42 Å². The number of hydrogen-bond acceptors (Lipinski definition) is 2. The zero-order valence-electron chi connectivity index (χ0n) is 9.21. The number of benzene rings is 1. The van der Waals surface area contributed by atoms with Crippen molar-refractivity contribution in [1.29, 1.82) is 0 Å². The normalized spacial score (nSPS) is 14.2. The average molecular weight is 188 g/mol. The molecule has 0 aliphatic heterocycles. The number of halogens is 1. The highest BCUT2D eigenvalue weighted by Gasteiger charge is 1.98. The summed E-state index contributed by atoms with van der Waals surface area (Å²) in [4.78, 5) is 10.6. The SMILES string of the molecule is [2H]C([2H])([2H])Oc1ccc(CC(=O)Cl)cc1. The lowest BCUT2D eigenvalue weighted by atomic mass is 10.2. The second-order valence-corrected chi connectivity index (χ2v) is 2.70. The van der Waals surface area contributed by atoms with E-state index < -0.39 is 12.3 Å². The van der Waals surface area contributed by atoms with Crippen LogP contribution in [0.4, 0.5) is 0 Å². The highest BCUT2D eigenvalue weighted by atomic mass is 35.5. The smallest absolute Gasteiger partial charge is 0.226 e. The quantitative estimate of drug-likeness (QED) is 0.677. The molecule has 0 aliphatic rings. The molecule has 12 heavy (non-hydrogen) atoms. The van der Waals surface area contributed by atoms with Crippen molar-refractivity contribution in [3.63, 3.8) is 0 Å². The Kier molecular flexibility index (Phi) is 1.92. The fourth-order valence-corrected chi connectivity index (χ4v) is 0.990. The van der Waals surface area contributed by atoms with Crippen molar-refractivity contribution in [2.24, 2.45) is 0 Å². The van der Waals surface area contributed by atoms with Gasteiger partial charge in [-0.25, -0.2) is 0 Å². The third kappa shape index (κ3) is 2.55. The molecular formula is C9H9ClO2. The standard InChI is InChI=1S/C9H9ClO2/c1-12-8-4-2-7(3-5-8)6-9(10)11/h2-5H,6H2,1H3/i1D3. The molecule has 0 atom stereocenters. The van der Waals surface area contributed by atoms with Crippen LogP contribution in [0, 0.1) is 0 Å².